The number of hydrogen-bond acceptors (Lipinski definition) is 2. The Balaban J connectivity index is 0.00000144. The molecular formula is C14H17ClN2. The van der Waals surface area contributed by atoms with Gasteiger partial charge in [0.1, 0.15) is 0 Å². The maximum atomic E-state index is 6.17. The molecule has 0 saturated carbocycles. The number of aromatic nitrogens is 1. The fourth-order valence-electron chi connectivity index (χ4n) is 1.89. The van der Waals surface area contributed by atoms with E-state index < -0.39 is 0 Å². The van der Waals surface area contributed by atoms with Crippen LogP contribution in [-0.2, 0) is 0 Å². The van der Waals surface area contributed by atoms with Crippen LogP contribution in [0.1, 0.15) is 24.4 Å². The van der Waals surface area contributed by atoms with Crippen molar-refractivity contribution in [3.63, 3.8) is 0 Å². The number of allylic oxidation sites excluding steroid dienone is 1. The highest BCUT2D eigenvalue weighted by atomic mass is 35.5. The van der Waals surface area contributed by atoms with E-state index in [0.29, 0.717) is 0 Å². The van der Waals surface area contributed by atoms with Gasteiger partial charge in [-0.2, -0.15) is 0 Å². The highest BCUT2D eigenvalue weighted by molar-refractivity contribution is 5.85. The Labute approximate surface area is 108 Å². The Morgan fingerprint density at radius 1 is 1.29 bits per heavy atom. The predicted molar refractivity (Wildman–Crippen MR) is 75.4 cm³/mol. The number of fused-ring (bicyclic) bond motifs is 1. The fourth-order valence-corrected chi connectivity index (χ4v) is 1.89. The molecule has 0 aliphatic carbocycles. The van der Waals surface area contributed by atoms with Crippen LogP contribution in [0.15, 0.2) is 49.2 Å². The molecule has 0 amide bonds. The third kappa shape index (κ3) is 3.05. The number of rotatable bonds is 4. The molecule has 90 valence electrons. The Morgan fingerprint density at radius 2 is 2.06 bits per heavy atom. The average Bonchev–Trinajstić information content (AvgIpc) is 2.35. The second-order valence-electron chi connectivity index (χ2n) is 3.89. The maximum Gasteiger partial charge on any atom is 0.0705 e. The van der Waals surface area contributed by atoms with E-state index in [2.05, 4.69) is 17.6 Å². The minimum absolute atomic E-state index is 0. The summed E-state index contributed by atoms with van der Waals surface area (Å²) in [6.45, 7) is 3.72. The lowest BCUT2D eigenvalue weighted by Crippen LogP contribution is -2.10. The fraction of sp³-hybridized carbons (Fsp3) is 0.214. The van der Waals surface area contributed by atoms with Gasteiger partial charge >= 0.3 is 0 Å². The third-order valence-corrected chi connectivity index (χ3v) is 2.76. The van der Waals surface area contributed by atoms with Gasteiger partial charge < -0.3 is 5.73 Å². The second kappa shape index (κ2) is 6.38. The summed E-state index contributed by atoms with van der Waals surface area (Å²) in [6.07, 6.45) is 5.60. The predicted octanol–water partition coefficient (Wildman–Crippen LogP) is 3.62. The summed E-state index contributed by atoms with van der Waals surface area (Å²) >= 11 is 0. The Kier molecular flexibility index (Phi) is 5.13. The van der Waals surface area contributed by atoms with Crippen molar-refractivity contribution in [1.82, 2.24) is 4.98 Å². The monoisotopic (exact) mass is 248 g/mol. The van der Waals surface area contributed by atoms with Gasteiger partial charge in [0, 0.05) is 17.6 Å². The Hall–Kier alpha value is -1.38. The number of para-hydroxylation sites is 1. The van der Waals surface area contributed by atoms with Crippen LogP contribution in [0.25, 0.3) is 10.9 Å². The van der Waals surface area contributed by atoms with Gasteiger partial charge in [-0.15, -0.1) is 19.0 Å². The van der Waals surface area contributed by atoms with E-state index in [1.807, 2.05) is 36.5 Å². The number of nitrogens with two attached hydrogens (primary N) is 1. The van der Waals surface area contributed by atoms with Crippen molar-refractivity contribution in [3.8, 4) is 0 Å². The minimum atomic E-state index is 0. The van der Waals surface area contributed by atoms with E-state index in [-0.39, 0.29) is 18.4 Å². The van der Waals surface area contributed by atoms with E-state index in [1.165, 1.54) is 5.56 Å². The highest BCUT2D eigenvalue weighted by Gasteiger charge is 2.08. The largest absolute Gasteiger partial charge is 0.324 e. The molecule has 2 nitrogen and oxygen atoms in total. The molecular weight excluding hydrogens is 232 g/mol. The molecule has 0 spiro atoms. The molecule has 3 heteroatoms. The molecule has 0 aliphatic rings. The Bertz CT molecular complexity index is 491. The number of benzene rings is 1. The van der Waals surface area contributed by atoms with Crippen molar-refractivity contribution >= 4 is 23.3 Å². The molecule has 2 N–H and O–H groups in total. The molecule has 0 unspecified atom stereocenters. The van der Waals surface area contributed by atoms with Gasteiger partial charge in [0.2, 0.25) is 0 Å². The van der Waals surface area contributed by atoms with Crippen molar-refractivity contribution in [1.29, 1.82) is 0 Å². The summed E-state index contributed by atoms with van der Waals surface area (Å²) in [6, 6.07) is 10.2. The molecule has 0 fully saturated rings. The van der Waals surface area contributed by atoms with E-state index in [1.54, 1.807) is 0 Å². The van der Waals surface area contributed by atoms with Gasteiger partial charge in [-0.1, -0.05) is 24.3 Å². The molecule has 1 aromatic carbocycles. The third-order valence-electron chi connectivity index (χ3n) is 2.76. The lowest BCUT2D eigenvalue weighted by molar-refractivity contribution is 0.665. The van der Waals surface area contributed by atoms with Crippen LogP contribution in [0.5, 0.6) is 0 Å². The normalized spacial score (nSPS) is 11.8. The summed E-state index contributed by atoms with van der Waals surface area (Å²) in [7, 11) is 0. The summed E-state index contributed by atoms with van der Waals surface area (Å²) in [5, 5.41) is 1.15. The quantitative estimate of drug-likeness (QED) is 0.840. The minimum Gasteiger partial charge on any atom is -0.324 e. The zero-order valence-electron chi connectivity index (χ0n) is 9.67. The standard InChI is InChI=1S/C14H16N2.ClH/c1-2-3-7-13(15)11-9-10-16-14-8-5-4-6-12(11)14;/h2,4-6,8-10,13H,1,3,7,15H2;1H/t13-;/m1./s1. The van der Waals surface area contributed by atoms with Crippen LogP contribution in [0, 0.1) is 0 Å². The Morgan fingerprint density at radius 3 is 2.82 bits per heavy atom. The van der Waals surface area contributed by atoms with Gasteiger partial charge in [0.15, 0.2) is 0 Å². The summed E-state index contributed by atoms with van der Waals surface area (Å²) in [4.78, 5) is 4.33. The average molecular weight is 249 g/mol. The lowest BCUT2D eigenvalue weighted by atomic mass is 9.99. The molecule has 2 rings (SSSR count). The van der Waals surface area contributed by atoms with Gasteiger partial charge in [-0.3, -0.25) is 4.98 Å². The summed E-state index contributed by atoms with van der Waals surface area (Å²) in [5.74, 6) is 0. The van der Waals surface area contributed by atoms with Crippen LogP contribution in [0.3, 0.4) is 0 Å². The number of nitrogens with zero attached hydrogens (tertiary/aromatic N) is 1. The number of pyridine rings is 1. The number of halogens is 1. The molecule has 17 heavy (non-hydrogen) atoms. The molecule has 0 radical (unpaired) electrons. The summed E-state index contributed by atoms with van der Waals surface area (Å²) in [5.41, 5.74) is 8.35. The van der Waals surface area contributed by atoms with E-state index in [9.17, 15) is 0 Å². The molecule has 0 saturated heterocycles. The molecule has 1 aromatic heterocycles. The van der Waals surface area contributed by atoms with Crippen LogP contribution in [0.2, 0.25) is 0 Å². The van der Waals surface area contributed by atoms with Gasteiger partial charge in [-0.05, 0) is 30.5 Å². The van der Waals surface area contributed by atoms with E-state index >= 15 is 0 Å². The van der Waals surface area contributed by atoms with Crippen molar-refractivity contribution in [2.24, 2.45) is 5.73 Å². The van der Waals surface area contributed by atoms with Crippen molar-refractivity contribution in [3.05, 3.63) is 54.7 Å². The zero-order chi connectivity index (χ0) is 11.4. The SMILES string of the molecule is C=CCC[C@@H](N)c1ccnc2ccccc12.Cl. The first-order chi connectivity index (χ1) is 7.83. The van der Waals surface area contributed by atoms with Crippen molar-refractivity contribution in [2.75, 3.05) is 0 Å². The van der Waals surface area contributed by atoms with Crippen LogP contribution in [0.4, 0.5) is 0 Å². The van der Waals surface area contributed by atoms with E-state index in [0.717, 1.165) is 23.7 Å². The van der Waals surface area contributed by atoms with Gasteiger partial charge in [0.05, 0.1) is 5.52 Å². The smallest absolute Gasteiger partial charge is 0.0705 e. The zero-order valence-corrected chi connectivity index (χ0v) is 10.5. The van der Waals surface area contributed by atoms with E-state index in [4.69, 9.17) is 5.73 Å². The van der Waals surface area contributed by atoms with Gasteiger partial charge in [-0.25, -0.2) is 0 Å². The molecule has 0 aliphatic heterocycles. The first kappa shape index (κ1) is 13.7. The highest BCUT2D eigenvalue weighted by Crippen LogP contribution is 2.23. The lowest BCUT2D eigenvalue weighted by Gasteiger charge is -2.13. The first-order valence-electron chi connectivity index (χ1n) is 5.53. The molecule has 1 heterocycles. The first-order valence-corrected chi connectivity index (χ1v) is 5.53. The number of hydrogen-bond donors (Lipinski definition) is 1. The molecule has 0 bridgehead atoms. The maximum absolute atomic E-state index is 6.17. The van der Waals surface area contributed by atoms with Crippen molar-refractivity contribution < 1.29 is 0 Å². The second-order valence-corrected chi connectivity index (χ2v) is 3.89. The van der Waals surface area contributed by atoms with Crippen LogP contribution < -0.4 is 5.73 Å². The van der Waals surface area contributed by atoms with Crippen LogP contribution >= 0.6 is 12.4 Å². The molecule has 1 atom stereocenters. The van der Waals surface area contributed by atoms with Crippen molar-refractivity contribution in [2.45, 2.75) is 18.9 Å². The topological polar surface area (TPSA) is 38.9 Å². The molecule has 2 aromatic rings. The summed E-state index contributed by atoms with van der Waals surface area (Å²) < 4.78 is 0. The van der Waals surface area contributed by atoms with Gasteiger partial charge in [0.25, 0.3) is 0 Å². The van der Waals surface area contributed by atoms with Crippen LogP contribution in [-0.4, -0.2) is 4.98 Å².